The fraction of sp³-hybridized carbons (Fsp3) is 0.538. The quantitative estimate of drug-likeness (QED) is 0.739. The van der Waals surface area contributed by atoms with Crippen LogP contribution in [0.5, 0.6) is 0 Å². The molecule has 1 aromatic carbocycles. The number of benzene rings is 1. The lowest BCUT2D eigenvalue weighted by Crippen LogP contribution is -2.29. The SMILES string of the molecule is CNCCCCS(=O)(=O)N(C)Cc1ccccc1F. The highest BCUT2D eigenvalue weighted by molar-refractivity contribution is 7.89. The lowest BCUT2D eigenvalue weighted by molar-refractivity contribution is 0.454. The average Bonchev–Trinajstić information content (AvgIpc) is 2.37. The summed E-state index contributed by atoms with van der Waals surface area (Å²) in [6, 6.07) is 6.22. The molecular weight excluding hydrogens is 267 g/mol. The molecule has 0 bridgehead atoms. The van der Waals surface area contributed by atoms with Crippen LogP contribution in [0.2, 0.25) is 0 Å². The predicted molar refractivity (Wildman–Crippen MR) is 74.8 cm³/mol. The summed E-state index contributed by atoms with van der Waals surface area (Å²) in [4.78, 5) is 0. The molecule has 6 heteroatoms. The second kappa shape index (κ2) is 7.57. The summed E-state index contributed by atoms with van der Waals surface area (Å²) < 4.78 is 38.7. The van der Waals surface area contributed by atoms with Crippen LogP contribution in [0, 0.1) is 5.82 Å². The molecule has 1 rings (SSSR count). The Balaban J connectivity index is 2.56. The van der Waals surface area contributed by atoms with Crippen molar-refractivity contribution >= 4 is 10.0 Å². The Morgan fingerprint density at radius 1 is 1.26 bits per heavy atom. The molecule has 0 aliphatic carbocycles. The molecule has 0 radical (unpaired) electrons. The number of rotatable bonds is 8. The third-order valence-electron chi connectivity index (χ3n) is 2.90. The van der Waals surface area contributed by atoms with E-state index in [4.69, 9.17) is 0 Å². The number of halogens is 1. The van der Waals surface area contributed by atoms with E-state index in [1.165, 1.54) is 17.4 Å². The fourth-order valence-corrected chi connectivity index (χ4v) is 2.92. The Morgan fingerprint density at radius 3 is 2.58 bits per heavy atom. The van der Waals surface area contributed by atoms with Crippen LogP contribution in [0.25, 0.3) is 0 Å². The number of nitrogens with one attached hydrogen (secondary N) is 1. The first kappa shape index (κ1) is 16.1. The summed E-state index contributed by atoms with van der Waals surface area (Å²) in [5.74, 6) is -0.278. The van der Waals surface area contributed by atoms with Gasteiger partial charge in [0.15, 0.2) is 0 Å². The van der Waals surface area contributed by atoms with Crippen molar-refractivity contribution in [3.8, 4) is 0 Å². The molecule has 0 fully saturated rings. The summed E-state index contributed by atoms with van der Waals surface area (Å²) in [5, 5.41) is 2.97. The Bertz CT molecular complexity index is 491. The molecule has 1 aromatic rings. The maximum absolute atomic E-state index is 13.5. The van der Waals surface area contributed by atoms with Crippen molar-refractivity contribution in [2.45, 2.75) is 19.4 Å². The van der Waals surface area contributed by atoms with Crippen molar-refractivity contribution in [3.63, 3.8) is 0 Å². The summed E-state index contributed by atoms with van der Waals surface area (Å²) in [6.07, 6.45) is 1.41. The molecule has 0 aliphatic heterocycles. The van der Waals surface area contributed by atoms with Gasteiger partial charge < -0.3 is 5.32 Å². The van der Waals surface area contributed by atoms with Crippen LogP contribution in [0.4, 0.5) is 4.39 Å². The van der Waals surface area contributed by atoms with Gasteiger partial charge in [0.05, 0.1) is 5.75 Å². The summed E-state index contributed by atoms with van der Waals surface area (Å²) >= 11 is 0. The molecule has 4 nitrogen and oxygen atoms in total. The molecular formula is C13H21FN2O2S. The first-order valence-electron chi connectivity index (χ1n) is 6.29. The highest BCUT2D eigenvalue weighted by Crippen LogP contribution is 2.12. The molecule has 0 saturated carbocycles. The van der Waals surface area contributed by atoms with E-state index in [0.717, 1.165) is 13.0 Å². The Labute approximate surface area is 114 Å². The standard InChI is InChI=1S/C13H21FN2O2S/c1-15-9-5-6-10-19(17,18)16(2)11-12-7-3-4-8-13(12)14/h3-4,7-8,15H,5-6,9-11H2,1-2H3. The van der Waals surface area contributed by atoms with Gasteiger partial charge in [0.1, 0.15) is 5.82 Å². The first-order chi connectivity index (χ1) is 8.97. The van der Waals surface area contributed by atoms with E-state index in [2.05, 4.69) is 5.32 Å². The largest absolute Gasteiger partial charge is 0.320 e. The van der Waals surface area contributed by atoms with Crippen molar-refractivity contribution in [2.75, 3.05) is 26.4 Å². The Morgan fingerprint density at radius 2 is 1.95 bits per heavy atom. The topological polar surface area (TPSA) is 49.4 Å². The van der Waals surface area contributed by atoms with E-state index < -0.39 is 10.0 Å². The van der Waals surface area contributed by atoms with Gasteiger partial charge in [-0.1, -0.05) is 18.2 Å². The molecule has 0 saturated heterocycles. The summed E-state index contributed by atoms with van der Waals surface area (Å²) in [5.41, 5.74) is 0.392. The zero-order chi connectivity index (χ0) is 14.3. The molecule has 108 valence electrons. The van der Waals surface area contributed by atoms with Gasteiger partial charge in [-0.05, 0) is 32.5 Å². The number of nitrogens with zero attached hydrogens (tertiary/aromatic N) is 1. The van der Waals surface area contributed by atoms with Gasteiger partial charge in [-0.3, -0.25) is 0 Å². The average molecular weight is 288 g/mol. The van der Waals surface area contributed by atoms with Gasteiger partial charge in [-0.15, -0.1) is 0 Å². The smallest absolute Gasteiger partial charge is 0.214 e. The Kier molecular flexibility index (Phi) is 6.41. The first-order valence-corrected chi connectivity index (χ1v) is 7.90. The van der Waals surface area contributed by atoms with Gasteiger partial charge in [0.25, 0.3) is 0 Å². The van der Waals surface area contributed by atoms with E-state index >= 15 is 0 Å². The van der Waals surface area contributed by atoms with E-state index in [0.29, 0.717) is 12.0 Å². The lowest BCUT2D eigenvalue weighted by atomic mass is 10.2. The molecule has 19 heavy (non-hydrogen) atoms. The predicted octanol–water partition coefficient (Wildman–Crippen LogP) is 1.59. The number of unbranched alkanes of at least 4 members (excludes halogenated alkanes) is 1. The van der Waals surface area contributed by atoms with Gasteiger partial charge in [0.2, 0.25) is 10.0 Å². The monoisotopic (exact) mass is 288 g/mol. The van der Waals surface area contributed by atoms with Crippen LogP contribution in [0.1, 0.15) is 18.4 Å². The molecule has 0 unspecified atom stereocenters. The molecule has 0 atom stereocenters. The van der Waals surface area contributed by atoms with E-state index in [1.807, 2.05) is 7.05 Å². The number of sulfonamides is 1. The minimum Gasteiger partial charge on any atom is -0.320 e. The second-order valence-corrected chi connectivity index (χ2v) is 6.67. The van der Waals surface area contributed by atoms with Crippen molar-refractivity contribution in [1.82, 2.24) is 9.62 Å². The van der Waals surface area contributed by atoms with Gasteiger partial charge in [0, 0.05) is 19.2 Å². The molecule has 0 aromatic heterocycles. The lowest BCUT2D eigenvalue weighted by Gasteiger charge is -2.17. The molecule has 0 heterocycles. The third-order valence-corrected chi connectivity index (χ3v) is 4.79. The van der Waals surface area contributed by atoms with E-state index in [1.54, 1.807) is 18.2 Å². The van der Waals surface area contributed by atoms with Crippen LogP contribution in [0.15, 0.2) is 24.3 Å². The van der Waals surface area contributed by atoms with Crippen LogP contribution >= 0.6 is 0 Å². The van der Waals surface area contributed by atoms with E-state index in [-0.39, 0.29) is 18.1 Å². The minimum absolute atomic E-state index is 0.0705. The number of hydrogen-bond donors (Lipinski definition) is 1. The van der Waals surface area contributed by atoms with Gasteiger partial charge in [-0.25, -0.2) is 17.1 Å². The van der Waals surface area contributed by atoms with Gasteiger partial charge >= 0.3 is 0 Å². The van der Waals surface area contributed by atoms with Crippen LogP contribution < -0.4 is 5.32 Å². The van der Waals surface area contributed by atoms with Gasteiger partial charge in [-0.2, -0.15) is 0 Å². The van der Waals surface area contributed by atoms with Crippen molar-refractivity contribution < 1.29 is 12.8 Å². The maximum atomic E-state index is 13.5. The van der Waals surface area contributed by atoms with Crippen LogP contribution in [-0.4, -0.2) is 39.1 Å². The van der Waals surface area contributed by atoms with Crippen molar-refractivity contribution in [3.05, 3.63) is 35.6 Å². The van der Waals surface area contributed by atoms with Crippen molar-refractivity contribution in [2.24, 2.45) is 0 Å². The second-order valence-electron chi connectivity index (χ2n) is 4.47. The maximum Gasteiger partial charge on any atom is 0.214 e. The van der Waals surface area contributed by atoms with Crippen LogP contribution in [0.3, 0.4) is 0 Å². The van der Waals surface area contributed by atoms with Crippen LogP contribution in [-0.2, 0) is 16.6 Å². The molecule has 0 aliphatic rings. The molecule has 0 spiro atoms. The van der Waals surface area contributed by atoms with E-state index in [9.17, 15) is 12.8 Å². The zero-order valence-electron chi connectivity index (χ0n) is 11.4. The minimum atomic E-state index is -3.32. The molecule has 1 N–H and O–H groups in total. The highest BCUT2D eigenvalue weighted by Gasteiger charge is 2.18. The number of hydrogen-bond acceptors (Lipinski definition) is 3. The Hall–Kier alpha value is -0.980. The molecule has 0 amide bonds. The summed E-state index contributed by atoms with van der Waals surface area (Å²) in [7, 11) is 0.00129. The van der Waals surface area contributed by atoms with Crippen molar-refractivity contribution in [1.29, 1.82) is 0 Å². The fourth-order valence-electron chi connectivity index (χ4n) is 1.71. The zero-order valence-corrected chi connectivity index (χ0v) is 12.2. The third kappa shape index (κ3) is 5.26. The highest BCUT2D eigenvalue weighted by atomic mass is 32.2. The normalized spacial score (nSPS) is 12.0. The summed E-state index contributed by atoms with van der Waals surface area (Å²) in [6.45, 7) is 0.869.